The van der Waals surface area contributed by atoms with Gasteiger partial charge < -0.3 is 15.3 Å². The summed E-state index contributed by atoms with van der Waals surface area (Å²) in [6.07, 6.45) is 2.25. The lowest BCUT2D eigenvalue weighted by Gasteiger charge is -1.97. The van der Waals surface area contributed by atoms with Crippen molar-refractivity contribution in [3.63, 3.8) is 0 Å². The van der Waals surface area contributed by atoms with Gasteiger partial charge in [0, 0.05) is 6.42 Å². The first-order valence-corrected chi connectivity index (χ1v) is 4.69. The third-order valence-electron chi connectivity index (χ3n) is 2.09. The Labute approximate surface area is 87.4 Å². The molecule has 0 unspecified atom stereocenters. The van der Waals surface area contributed by atoms with Gasteiger partial charge in [0.25, 0.3) is 0 Å². The Balaban J connectivity index is 2.11. The van der Waals surface area contributed by atoms with Crippen LogP contribution in [0.2, 0.25) is 0 Å². The van der Waals surface area contributed by atoms with Crippen LogP contribution in [-0.2, 0) is 13.0 Å². The first-order valence-electron chi connectivity index (χ1n) is 4.69. The van der Waals surface area contributed by atoms with Crippen molar-refractivity contribution in [2.75, 3.05) is 0 Å². The Hall–Kier alpha value is -1.81. The van der Waals surface area contributed by atoms with E-state index in [1.54, 1.807) is 18.3 Å². The molecule has 0 radical (unpaired) electrons. The van der Waals surface area contributed by atoms with Gasteiger partial charge in [0.1, 0.15) is 11.5 Å². The SMILES string of the molecule is NCc1cnc(Cc2ccc(O)cc2)o1. The Morgan fingerprint density at radius 2 is 2.00 bits per heavy atom. The molecule has 0 aliphatic heterocycles. The number of oxazole rings is 1. The summed E-state index contributed by atoms with van der Waals surface area (Å²) in [6, 6.07) is 6.95. The summed E-state index contributed by atoms with van der Waals surface area (Å²) in [7, 11) is 0. The number of hydrogen-bond acceptors (Lipinski definition) is 4. The van der Waals surface area contributed by atoms with Gasteiger partial charge in [-0.1, -0.05) is 12.1 Å². The van der Waals surface area contributed by atoms with E-state index in [9.17, 15) is 0 Å². The Morgan fingerprint density at radius 3 is 2.60 bits per heavy atom. The minimum Gasteiger partial charge on any atom is -0.508 e. The van der Waals surface area contributed by atoms with Crippen molar-refractivity contribution < 1.29 is 9.52 Å². The third kappa shape index (κ3) is 2.35. The smallest absolute Gasteiger partial charge is 0.198 e. The quantitative estimate of drug-likeness (QED) is 0.793. The van der Waals surface area contributed by atoms with Crippen LogP contribution in [0.5, 0.6) is 5.75 Å². The molecule has 4 heteroatoms. The molecule has 0 saturated heterocycles. The molecule has 3 N–H and O–H groups in total. The summed E-state index contributed by atoms with van der Waals surface area (Å²) in [6.45, 7) is 0.364. The standard InChI is InChI=1S/C11H12N2O2/c12-6-10-7-13-11(15-10)5-8-1-3-9(14)4-2-8/h1-4,7,14H,5-6,12H2. The maximum Gasteiger partial charge on any atom is 0.198 e. The Morgan fingerprint density at radius 1 is 1.27 bits per heavy atom. The lowest BCUT2D eigenvalue weighted by atomic mass is 10.1. The van der Waals surface area contributed by atoms with E-state index < -0.39 is 0 Å². The van der Waals surface area contributed by atoms with Gasteiger partial charge in [-0.2, -0.15) is 0 Å². The average molecular weight is 204 g/mol. The van der Waals surface area contributed by atoms with Crippen LogP contribution < -0.4 is 5.73 Å². The number of nitrogens with zero attached hydrogens (tertiary/aromatic N) is 1. The van der Waals surface area contributed by atoms with Crippen LogP contribution in [0, 0.1) is 0 Å². The van der Waals surface area contributed by atoms with E-state index in [0.717, 1.165) is 5.56 Å². The topological polar surface area (TPSA) is 72.3 Å². The highest BCUT2D eigenvalue weighted by Crippen LogP contribution is 2.13. The van der Waals surface area contributed by atoms with Crippen LogP contribution in [0.25, 0.3) is 0 Å². The molecule has 0 spiro atoms. The molecular weight excluding hydrogens is 192 g/mol. The highest BCUT2D eigenvalue weighted by molar-refractivity contribution is 5.27. The van der Waals surface area contributed by atoms with E-state index in [0.29, 0.717) is 24.6 Å². The van der Waals surface area contributed by atoms with Gasteiger partial charge in [0.2, 0.25) is 0 Å². The summed E-state index contributed by atoms with van der Waals surface area (Å²) in [5.74, 6) is 1.58. The average Bonchev–Trinajstić information content (AvgIpc) is 2.69. The van der Waals surface area contributed by atoms with Crippen molar-refractivity contribution in [3.8, 4) is 5.75 Å². The van der Waals surface area contributed by atoms with Gasteiger partial charge in [-0.3, -0.25) is 0 Å². The molecule has 78 valence electrons. The lowest BCUT2D eigenvalue weighted by Crippen LogP contribution is -1.93. The molecule has 2 rings (SSSR count). The zero-order chi connectivity index (χ0) is 10.7. The summed E-state index contributed by atoms with van der Waals surface area (Å²) in [5.41, 5.74) is 6.45. The first-order chi connectivity index (χ1) is 7.28. The predicted molar refractivity (Wildman–Crippen MR) is 55.3 cm³/mol. The molecule has 1 heterocycles. The maximum absolute atomic E-state index is 9.11. The maximum atomic E-state index is 9.11. The van der Waals surface area contributed by atoms with Crippen LogP contribution in [0.1, 0.15) is 17.2 Å². The fraction of sp³-hybridized carbons (Fsp3) is 0.182. The Kier molecular flexibility index (Phi) is 2.69. The highest BCUT2D eigenvalue weighted by Gasteiger charge is 2.03. The summed E-state index contributed by atoms with van der Waals surface area (Å²) in [4.78, 5) is 4.10. The van der Waals surface area contributed by atoms with E-state index in [1.807, 2.05) is 12.1 Å². The van der Waals surface area contributed by atoms with E-state index in [-0.39, 0.29) is 5.75 Å². The van der Waals surface area contributed by atoms with Gasteiger partial charge in [-0.25, -0.2) is 4.98 Å². The van der Waals surface area contributed by atoms with Crippen LogP contribution in [-0.4, -0.2) is 10.1 Å². The molecule has 4 nitrogen and oxygen atoms in total. The molecule has 0 bridgehead atoms. The molecule has 1 aromatic carbocycles. The van der Waals surface area contributed by atoms with Gasteiger partial charge in [0.15, 0.2) is 5.89 Å². The molecular formula is C11H12N2O2. The zero-order valence-electron chi connectivity index (χ0n) is 8.18. The number of nitrogens with two attached hydrogens (primary N) is 1. The zero-order valence-corrected chi connectivity index (χ0v) is 8.18. The van der Waals surface area contributed by atoms with E-state index in [2.05, 4.69) is 4.98 Å². The van der Waals surface area contributed by atoms with E-state index in [4.69, 9.17) is 15.3 Å². The number of phenolic OH excluding ortho intramolecular Hbond substituents is 1. The summed E-state index contributed by atoms with van der Waals surface area (Å²) in [5, 5.41) is 9.11. The largest absolute Gasteiger partial charge is 0.508 e. The van der Waals surface area contributed by atoms with Crippen LogP contribution >= 0.6 is 0 Å². The Bertz CT molecular complexity index is 434. The van der Waals surface area contributed by atoms with Crippen molar-refractivity contribution in [3.05, 3.63) is 47.7 Å². The molecule has 0 aliphatic rings. The van der Waals surface area contributed by atoms with Gasteiger partial charge >= 0.3 is 0 Å². The second-order valence-electron chi connectivity index (χ2n) is 3.27. The number of rotatable bonds is 3. The molecule has 0 saturated carbocycles. The van der Waals surface area contributed by atoms with Crippen molar-refractivity contribution in [1.82, 2.24) is 4.98 Å². The summed E-state index contributed by atoms with van der Waals surface area (Å²) >= 11 is 0. The minimum absolute atomic E-state index is 0.258. The number of aromatic nitrogens is 1. The van der Waals surface area contributed by atoms with Crippen molar-refractivity contribution in [2.45, 2.75) is 13.0 Å². The monoisotopic (exact) mass is 204 g/mol. The second-order valence-corrected chi connectivity index (χ2v) is 3.27. The summed E-state index contributed by atoms with van der Waals surface area (Å²) < 4.78 is 5.37. The first kappa shape index (κ1) is 9.73. The predicted octanol–water partition coefficient (Wildman–Crippen LogP) is 1.43. The van der Waals surface area contributed by atoms with Crippen molar-refractivity contribution in [1.29, 1.82) is 0 Å². The minimum atomic E-state index is 0.258. The van der Waals surface area contributed by atoms with Gasteiger partial charge in [-0.05, 0) is 17.7 Å². The van der Waals surface area contributed by atoms with Gasteiger partial charge in [-0.15, -0.1) is 0 Å². The van der Waals surface area contributed by atoms with Crippen LogP contribution in [0.15, 0.2) is 34.9 Å². The normalized spacial score (nSPS) is 10.5. The number of phenols is 1. The molecule has 0 aliphatic carbocycles. The molecule has 0 amide bonds. The van der Waals surface area contributed by atoms with Crippen molar-refractivity contribution in [2.24, 2.45) is 5.73 Å². The van der Waals surface area contributed by atoms with Gasteiger partial charge in [0.05, 0.1) is 12.7 Å². The second kappa shape index (κ2) is 4.14. The molecule has 1 aromatic heterocycles. The van der Waals surface area contributed by atoms with Crippen LogP contribution in [0.3, 0.4) is 0 Å². The molecule has 15 heavy (non-hydrogen) atoms. The highest BCUT2D eigenvalue weighted by atomic mass is 16.4. The van der Waals surface area contributed by atoms with Crippen molar-refractivity contribution >= 4 is 0 Å². The number of benzene rings is 1. The fourth-order valence-electron chi connectivity index (χ4n) is 1.31. The van der Waals surface area contributed by atoms with E-state index in [1.165, 1.54) is 0 Å². The molecule has 2 aromatic rings. The molecule has 0 fully saturated rings. The van der Waals surface area contributed by atoms with Crippen LogP contribution in [0.4, 0.5) is 0 Å². The number of hydrogen-bond donors (Lipinski definition) is 2. The lowest BCUT2D eigenvalue weighted by molar-refractivity contribution is 0.464. The number of aromatic hydroxyl groups is 1. The van der Waals surface area contributed by atoms with E-state index >= 15 is 0 Å². The fourth-order valence-corrected chi connectivity index (χ4v) is 1.31. The third-order valence-corrected chi connectivity index (χ3v) is 2.09. The molecule has 0 atom stereocenters.